The third-order valence-electron chi connectivity index (χ3n) is 8.28. The molecule has 1 saturated carbocycles. The molecule has 1 fully saturated rings. The summed E-state index contributed by atoms with van der Waals surface area (Å²) in [5, 5.41) is 10.3. The van der Waals surface area contributed by atoms with Crippen LogP contribution >= 0.6 is 0 Å². The zero-order valence-corrected chi connectivity index (χ0v) is 22.9. The summed E-state index contributed by atoms with van der Waals surface area (Å²) < 4.78 is 136. The maximum Gasteiger partial charge on any atom is 0.435 e. The van der Waals surface area contributed by atoms with Gasteiger partial charge in [-0.05, 0) is 74.9 Å². The summed E-state index contributed by atoms with van der Waals surface area (Å²) >= 11 is 0. The van der Waals surface area contributed by atoms with E-state index in [0.717, 1.165) is 30.3 Å². The summed E-state index contributed by atoms with van der Waals surface area (Å²) in [5.74, 6) is -2.38. The summed E-state index contributed by atoms with van der Waals surface area (Å²) in [6, 6.07) is 4.48. The van der Waals surface area contributed by atoms with Crippen molar-refractivity contribution >= 4 is 15.7 Å². The van der Waals surface area contributed by atoms with Crippen LogP contribution in [0.4, 0.5) is 35.1 Å². The van der Waals surface area contributed by atoms with Crippen LogP contribution in [0.3, 0.4) is 0 Å². The first-order valence-electron chi connectivity index (χ1n) is 12.6. The minimum atomic E-state index is -6.35. The lowest BCUT2D eigenvalue weighted by Crippen LogP contribution is -2.53. The Kier molecular flexibility index (Phi) is 7.34. The van der Waals surface area contributed by atoms with Gasteiger partial charge in [-0.3, -0.25) is 4.79 Å². The highest BCUT2D eigenvalue weighted by Gasteiger charge is 2.74. The number of sulfone groups is 1. The van der Waals surface area contributed by atoms with Gasteiger partial charge >= 0.3 is 18.0 Å². The molecule has 2 aromatic carbocycles. The minimum Gasteiger partial charge on any atom is -0.381 e. The highest BCUT2D eigenvalue weighted by atomic mass is 32.2. The lowest BCUT2D eigenvalue weighted by atomic mass is 9.73. The molecule has 14 heteroatoms. The Labute approximate surface area is 231 Å². The quantitative estimate of drug-likeness (QED) is 0.345. The molecule has 0 heterocycles. The molecule has 0 radical (unpaired) electrons. The summed E-state index contributed by atoms with van der Waals surface area (Å²) in [7, 11) is -3.16. The average molecular weight is 614 g/mol. The molecule has 2 aliphatic rings. The Bertz CT molecular complexity index is 1430. The van der Waals surface area contributed by atoms with Crippen LogP contribution in [-0.4, -0.2) is 55.4 Å². The van der Waals surface area contributed by atoms with Gasteiger partial charge in [-0.25, -0.2) is 17.2 Å². The number of rotatable bonds is 5. The van der Waals surface area contributed by atoms with E-state index in [2.05, 4.69) is 0 Å². The molecule has 0 aromatic heterocycles. The molecule has 1 N–H and O–H groups in total. The number of carbonyl (C=O) groups is 1. The van der Waals surface area contributed by atoms with Gasteiger partial charge in [-0.2, -0.15) is 26.3 Å². The number of amides is 1. The Morgan fingerprint density at radius 3 is 2.02 bits per heavy atom. The number of hydrogen-bond acceptors (Lipinski definition) is 4. The summed E-state index contributed by atoms with van der Waals surface area (Å²) in [6.45, 7) is 2.48. The van der Waals surface area contributed by atoms with Crippen LogP contribution in [0.15, 0.2) is 47.4 Å². The average Bonchev–Trinajstić information content (AvgIpc) is 3.27. The molecule has 5 nitrogen and oxygen atoms in total. The van der Waals surface area contributed by atoms with Crippen LogP contribution in [0.5, 0.6) is 0 Å². The second-order valence-corrected chi connectivity index (χ2v) is 13.3. The second-order valence-electron chi connectivity index (χ2n) is 11.1. The van der Waals surface area contributed by atoms with Crippen molar-refractivity contribution < 1.29 is 53.4 Å². The van der Waals surface area contributed by atoms with E-state index >= 15 is 0 Å². The van der Waals surface area contributed by atoms with Crippen molar-refractivity contribution in [3.8, 4) is 0 Å². The largest absolute Gasteiger partial charge is 0.435 e. The first kappa shape index (κ1) is 31.2. The number of nitrogens with zero attached hydrogens (tertiary/aromatic N) is 1. The van der Waals surface area contributed by atoms with Crippen LogP contribution in [0.25, 0.3) is 0 Å². The van der Waals surface area contributed by atoms with E-state index in [1.54, 1.807) is 0 Å². The van der Waals surface area contributed by atoms with E-state index < -0.39 is 67.5 Å². The van der Waals surface area contributed by atoms with Crippen molar-refractivity contribution in [1.82, 2.24) is 4.90 Å². The van der Waals surface area contributed by atoms with E-state index in [4.69, 9.17) is 0 Å². The Morgan fingerprint density at radius 1 is 0.951 bits per heavy atom. The molecule has 0 aliphatic heterocycles. The molecule has 0 unspecified atom stereocenters. The summed E-state index contributed by atoms with van der Waals surface area (Å²) in [4.78, 5) is 13.8. The van der Waals surface area contributed by atoms with Crippen LogP contribution < -0.4 is 0 Å². The normalized spacial score (nSPS) is 23.6. The van der Waals surface area contributed by atoms with Crippen molar-refractivity contribution in [1.29, 1.82) is 0 Å². The highest BCUT2D eigenvalue weighted by Crippen LogP contribution is 2.59. The van der Waals surface area contributed by atoms with E-state index in [-0.39, 0.29) is 41.7 Å². The zero-order valence-electron chi connectivity index (χ0n) is 22.1. The number of aryl methyl sites for hydroxylation is 1. The lowest BCUT2D eigenvalue weighted by Gasteiger charge is -2.44. The maximum atomic E-state index is 14.9. The first-order chi connectivity index (χ1) is 18.6. The molecule has 2 aliphatic carbocycles. The SMILES string of the molecule is CN(C(=O)C(C)(C)O)[C@@H]1CC[C@@]2(S(=O)(=O)c3ccc(F)cc3)c3ccc(C(F)(C(F)(F)F)C(F)(F)F)cc3CC[C@@H]12. The monoisotopic (exact) mass is 613 g/mol. The van der Waals surface area contributed by atoms with Crippen molar-refractivity contribution in [2.24, 2.45) is 5.92 Å². The predicted octanol–water partition coefficient (Wildman–Crippen LogP) is 5.74. The maximum absolute atomic E-state index is 14.9. The number of likely N-dealkylation sites (N-methyl/N-ethyl adjacent to an activating group) is 1. The van der Waals surface area contributed by atoms with Crippen molar-refractivity contribution in [3.05, 3.63) is 65.0 Å². The van der Waals surface area contributed by atoms with Gasteiger partial charge in [0.15, 0.2) is 9.84 Å². The number of aliphatic hydroxyl groups is 1. The van der Waals surface area contributed by atoms with Gasteiger partial charge in [0.2, 0.25) is 0 Å². The van der Waals surface area contributed by atoms with E-state index in [0.29, 0.717) is 12.1 Å². The molecular weight excluding hydrogens is 586 g/mol. The molecule has 4 rings (SSSR count). The predicted molar refractivity (Wildman–Crippen MR) is 131 cm³/mol. The van der Waals surface area contributed by atoms with E-state index in [1.807, 2.05) is 0 Å². The topological polar surface area (TPSA) is 74.7 Å². The Morgan fingerprint density at radius 2 is 1.51 bits per heavy atom. The van der Waals surface area contributed by atoms with Gasteiger partial charge in [0.1, 0.15) is 16.2 Å². The van der Waals surface area contributed by atoms with Crippen LogP contribution in [0.2, 0.25) is 0 Å². The van der Waals surface area contributed by atoms with Gasteiger partial charge in [0.25, 0.3) is 5.91 Å². The highest BCUT2D eigenvalue weighted by molar-refractivity contribution is 7.92. The van der Waals surface area contributed by atoms with Crippen molar-refractivity contribution in [2.75, 3.05) is 7.05 Å². The second kappa shape index (κ2) is 9.65. The number of carbonyl (C=O) groups excluding carboxylic acids is 1. The lowest BCUT2D eigenvalue weighted by molar-refractivity contribution is -0.348. The first-order valence-corrected chi connectivity index (χ1v) is 14.0. The number of hydrogen-bond donors (Lipinski definition) is 1. The zero-order chi connectivity index (χ0) is 31.0. The molecule has 0 spiro atoms. The van der Waals surface area contributed by atoms with E-state index in [9.17, 15) is 53.4 Å². The molecule has 41 heavy (non-hydrogen) atoms. The van der Waals surface area contributed by atoms with Crippen molar-refractivity contribution in [3.63, 3.8) is 0 Å². The third kappa shape index (κ3) is 4.61. The van der Waals surface area contributed by atoms with Gasteiger partial charge in [-0.15, -0.1) is 0 Å². The molecule has 226 valence electrons. The van der Waals surface area contributed by atoms with Gasteiger partial charge < -0.3 is 10.0 Å². The fraction of sp³-hybridized carbons (Fsp3) is 0.519. The number of fused-ring (bicyclic) bond motifs is 3. The molecule has 0 saturated heterocycles. The summed E-state index contributed by atoms with van der Waals surface area (Å²) in [5.41, 5.74) is -9.58. The minimum absolute atomic E-state index is 0.0583. The van der Waals surface area contributed by atoms with Crippen LogP contribution in [-0.2, 0) is 31.5 Å². The fourth-order valence-corrected chi connectivity index (χ4v) is 8.86. The molecular formula is C27H27F8NO4S. The molecule has 1 amide bonds. The smallest absolute Gasteiger partial charge is 0.381 e. The summed E-state index contributed by atoms with van der Waals surface area (Å²) in [6.07, 6.45) is -13.1. The number of halogens is 8. The van der Waals surface area contributed by atoms with Gasteiger partial charge in [0, 0.05) is 24.6 Å². The third-order valence-corrected chi connectivity index (χ3v) is 10.9. The van der Waals surface area contributed by atoms with Crippen LogP contribution in [0, 0.1) is 11.7 Å². The van der Waals surface area contributed by atoms with Gasteiger partial charge in [-0.1, -0.05) is 18.2 Å². The van der Waals surface area contributed by atoms with Crippen molar-refractivity contribution in [2.45, 2.75) is 78.8 Å². The van der Waals surface area contributed by atoms with Crippen LogP contribution in [0.1, 0.15) is 49.8 Å². The Hall–Kier alpha value is -2.74. The van der Waals surface area contributed by atoms with Gasteiger partial charge in [0.05, 0.1) is 4.90 Å². The molecule has 3 atom stereocenters. The molecule has 2 aromatic rings. The number of alkyl halides is 7. The Balaban J connectivity index is 1.95. The van der Waals surface area contributed by atoms with E-state index in [1.165, 1.54) is 25.8 Å². The molecule has 0 bridgehead atoms. The number of benzene rings is 2. The standard InChI is InChI=1S/C27H27F8NO4S/c1-23(2,38)22(37)36(3)21-12-13-24(41(39,40)18-8-6-17(28)7-9-18)19-11-5-16(14-15(19)4-10-20(21)24)25(29,26(30,31)32)27(33,34)35/h5-9,11,14,20-21,38H,4,10,12-13H2,1-3H3/t20-,21+,24+/m0/s1. The fourth-order valence-electron chi connectivity index (χ4n) is 6.39.